The third kappa shape index (κ3) is 6.06. The Bertz CT molecular complexity index is 348. The number of alkyl halides is 3. The number of nitrogens with zero attached hydrogens (tertiary/aromatic N) is 2. The lowest BCUT2D eigenvalue weighted by Crippen LogP contribution is -2.09. The van der Waals surface area contributed by atoms with Gasteiger partial charge in [-0.3, -0.25) is 0 Å². The Morgan fingerprint density at radius 3 is 2.65 bits per heavy atom. The largest absolute Gasteiger partial charge is 0.389 e. The third-order valence-corrected chi connectivity index (χ3v) is 1.90. The van der Waals surface area contributed by atoms with E-state index >= 15 is 0 Å². The van der Waals surface area contributed by atoms with Crippen LogP contribution in [0.25, 0.3) is 0 Å². The molecule has 0 bridgehead atoms. The maximum Gasteiger partial charge on any atom is 0.389 e. The molecule has 0 aliphatic rings. The van der Waals surface area contributed by atoms with E-state index in [1.165, 1.54) is 0 Å². The first-order valence-corrected chi connectivity index (χ1v) is 5.11. The van der Waals surface area contributed by atoms with Crippen molar-refractivity contribution in [1.82, 2.24) is 9.97 Å². The number of hydrogen-bond donors (Lipinski definition) is 1. The molecule has 96 valence electrons. The zero-order valence-electron chi connectivity index (χ0n) is 9.42. The molecule has 0 amide bonds. The summed E-state index contributed by atoms with van der Waals surface area (Å²) in [6.45, 7) is 1.85. The van der Waals surface area contributed by atoms with Gasteiger partial charge in [0, 0.05) is 24.8 Å². The van der Waals surface area contributed by atoms with Gasteiger partial charge in [-0.1, -0.05) is 0 Å². The monoisotopic (exact) mass is 249 g/mol. The van der Waals surface area contributed by atoms with Crippen LogP contribution in [-0.4, -0.2) is 22.8 Å². The summed E-state index contributed by atoms with van der Waals surface area (Å²) in [5.41, 5.74) is 6.19. The second-order valence-electron chi connectivity index (χ2n) is 3.62. The number of ether oxygens (including phenoxy) is 1. The van der Waals surface area contributed by atoms with Crippen LogP contribution in [0, 0.1) is 6.92 Å². The van der Waals surface area contributed by atoms with Crippen LogP contribution in [0.5, 0.6) is 0 Å². The fraction of sp³-hybridized carbons (Fsp3) is 0.600. The van der Waals surface area contributed by atoms with Crippen LogP contribution >= 0.6 is 0 Å². The Kier molecular flexibility index (Phi) is 4.68. The SMILES string of the molecule is Cc1cc(N)nc(COCCCC(F)(F)F)n1. The van der Waals surface area contributed by atoms with Crippen molar-refractivity contribution in [2.24, 2.45) is 0 Å². The van der Waals surface area contributed by atoms with E-state index in [0.29, 0.717) is 17.3 Å². The zero-order chi connectivity index (χ0) is 12.9. The van der Waals surface area contributed by atoms with Gasteiger partial charge in [0.1, 0.15) is 12.4 Å². The van der Waals surface area contributed by atoms with Gasteiger partial charge in [0.2, 0.25) is 0 Å². The molecule has 0 saturated heterocycles. The van der Waals surface area contributed by atoms with Gasteiger partial charge in [0.15, 0.2) is 5.82 Å². The van der Waals surface area contributed by atoms with E-state index in [1.54, 1.807) is 13.0 Å². The van der Waals surface area contributed by atoms with E-state index in [0.717, 1.165) is 0 Å². The normalized spacial score (nSPS) is 11.8. The number of hydrogen-bond acceptors (Lipinski definition) is 4. The van der Waals surface area contributed by atoms with Crippen LogP contribution in [0.2, 0.25) is 0 Å². The third-order valence-electron chi connectivity index (χ3n) is 1.90. The summed E-state index contributed by atoms with van der Waals surface area (Å²) in [7, 11) is 0. The van der Waals surface area contributed by atoms with Gasteiger partial charge in [-0.25, -0.2) is 9.97 Å². The van der Waals surface area contributed by atoms with Gasteiger partial charge in [-0.05, 0) is 13.3 Å². The average Bonchev–Trinajstić information content (AvgIpc) is 2.13. The fourth-order valence-electron chi connectivity index (χ4n) is 1.26. The van der Waals surface area contributed by atoms with Crippen LogP contribution in [-0.2, 0) is 11.3 Å². The molecule has 0 radical (unpaired) electrons. The van der Waals surface area contributed by atoms with Gasteiger partial charge >= 0.3 is 6.18 Å². The highest BCUT2D eigenvalue weighted by atomic mass is 19.4. The second-order valence-corrected chi connectivity index (χ2v) is 3.62. The molecule has 0 fully saturated rings. The standard InChI is InChI=1S/C10H14F3N3O/c1-7-5-8(14)16-9(15-7)6-17-4-2-3-10(11,12)13/h5H,2-4,6H2,1H3,(H2,14,15,16). The number of aromatic nitrogens is 2. The highest BCUT2D eigenvalue weighted by Gasteiger charge is 2.25. The number of anilines is 1. The van der Waals surface area contributed by atoms with Crippen LogP contribution < -0.4 is 5.73 Å². The molecule has 17 heavy (non-hydrogen) atoms. The fourth-order valence-corrected chi connectivity index (χ4v) is 1.26. The molecule has 1 aromatic rings. The minimum Gasteiger partial charge on any atom is -0.384 e. The lowest BCUT2D eigenvalue weighted by atomic mass is 10.3. The lowest BCUT2D eigenvalue weighted by molar-refractivity contribution is -0.138. The summed E-state index contributed by atoms with van der Waals surface area (Å²) in [6.07, 6.45) is -5.04. The topological polar surface area (TPSA) is 61.0 Å². The Labute approximate surface area is 97.0 Å². The minimum atomic E-state index is -4.13. The van der Waals surface area contributed by atoms with Crippen molar-refractivity contribution in [1.29, 1.82) is 0 Å². The molecule has 0 unspecified atom stereocenters. The quantitative estimate of drug-likeness (QED) is 0.813. The minimum absolute atomic E-state index is 0.0245. The van der Waals surface area contributed by atoms with Crippen molar-refractivity contribution in [3.63, 3.8) is 0 Å². The van der Waals surface area contributed by atoms with Gasteiger partial charge in [0.05, 0.1) is 0 Å². The number of halogens is 3. The lowest BCUT2D eigenvalue weighted by Gasteiger charge is -2.07. The molecule has 1 heterocycles. The van der Waals surface area contributed by atoms with Gasteiger partial charge in [-0.15, -0.1) is 0 Å². The van der Waals surface area contributed by atoms with Crippen LogP contribution in [0.15, 0.2) is 6.07 Å². The molecule has 2 N–H and O–H groups in total. The molecule has 1 rings (SSSR count). The predicted molar refractivity (Wildman–Crippen MR) is 56.1 cm³/mol. The van der Waals surface area contributed by atoms with Crippen molar-refractivity contribution in [2.45, 2.75) is 32.5 Å². The van der Waals surface area contributed by atoms with Crippen LogP contribution in [0.4, 0.5) is 19.0 Å². The molecule has 0 spiro atoms. The summed E-state index contributed by atoms with van der Waals surface area (Å²) in [6, 6.07) is 1.60. The Morgan fingerprint density at radius 2 is 2.06 bits per heavy atom. The molecule has 1 aromatic heterocycles. The van der Waals surface area contributed by atoms with E-state index in [1.807, 2.05) is 0 Å². The van der Waals surface area contributed by atoms with E-state index in [4.69, 9.17) is 10.5 Å². The van der Waals surface area contributed by atoms with Crippen molar-refractivity contribution >= 4 is 5.82 Å². The van der Waals surface area contributed by atoms with Gasteiger partial charge < -0.3 is 10.5 Å². The molecular weight excluding hydrogens is 235 g/mol. The molecule has 4 nitrogen and oxygen atoms in total. The highest BCUT2D eigenvalue weighted by Crippen LogP contribution is 2.21. The van der Waals surface area contributed by atoms with Gasteiger partial charge in [-0.2, -0.15) is 13.2 Å². The number of aryl methyl sites for hydroxylation is 1. The van der Waals surface area contributed by atoms with Crippen molar-refractivity contribution in [3.8, 4) is 0 Å². The maximum absolute atomic E-state index is 11.8. The van der Waals surface area contributed by atoms with E-state index in [-0.39, 0.29) is 19.6 Å². The van der Waals surface area contributed by atoms with Crippen molar-refractivity contribution in [2.75, 3.05) is 12.3 Å². The summed E-state index contributed by atoms with van der Waals surface area (Å²) in [4.78, 5) is 7.94. The Hall–Kier alpha value is -1.37. The van der Waals surface area contributed by atoms with E-state index < -0.39 is 12.6 Å². The number of nitrogens with two attached hydrogens (primary N) is 1. The van der Waals surface area contributed by atoms with Crippen molar-refractivity contribution in [3.05, 3.63) is 17.6 Å². The predicted octanol–water partition coefficient (Wildman–Crippen LogP) is 2.23. The first kappa shape index (κ1) is 13.7. The average molecular weight is 249 g/mol. The molecule has 0 aliphatic carbocycles. The smallest absolute Gasteiger partial charge is 0.384 e. The van der Waals surface area contributed by atoms with Crippen LogP contribution in [0.1, 0.15) is 24.4 Å². The second kappa shape index (κ2) is 5.81. The van der Waals surface area contributed by atoms with E-state index in [2.05, 4.69) is 9.97 Å². The Balaban J connectivity index is 2.27. The zero-order valence-corrected chi connectivity index (χ0v) is 9.42. The maximum atomic E-state index is 11.8. The first-order valence-electron chi connectivity index (χ1n) is 5.11. The molecule has 0 atom stereocenters. The van der Waals surface area contributed by atoms with Crippen molar-refractivity contribution < 1.29 is 17.9 Å². The summed E-state index contributed by atoms with van der Waals surface area (Å²) in [5.74, 6) is 0.709. The molecule has 0 aromatic carbocycles. The highest BCUT2D eigenvalue weighted by molar-refractivity contribution is 5.28. The summed E-state index contributed by atoms with van der Waals surface area (Å²) >= 11 is 0. The number of nitrogen functional groups attached to an aromatic ring is 1. The molecule has 7 heteroatoms. The molecule has 0 saturated carbocycles. The van der Waals surface area contributed by atoms with E-state index in [9.17, 15) is 13.2 Å². The molecular formula is C10H14F3N3O. The Morgan fingerprint density at radius 1 is 1.35 bits per heavy atom. The first-order chi connectivity index (χ1) is 7.87. The molecule has 0 aliphatic heterocycles. The van der Waals surface area contributed by atoms with Gasteiger partial charge in [0.25, 0.3) is 0 Å². The number of rotatable bonds is 5. The summed E-state index contributed by atoms with van der Waals surface area (Å²) in [5, 5.41) is 0. The van der Waals surface area contributed by atoms with Crippen LogP contribution in [0.3, 0.4) is 0 Å². The summed E-state index contributed by atoms with van der Waals surface area (Å²) < 4.78 is 40.5.